The van der Waals surface area contributed by atoms with Crippen LogP contribution in [-0.2, 0) is 11.8 Å². The molecule has 0 aromatic heterocycles. The van der Waals surface area contributed by atoms with E-state index in [1.165, 1.54) is 50.6 Å². The summed E-state index contributed by atoms with van der Waals surface area (Å²) in [5.74, 6) is 0.911. The third-order valence-electron chi connectivity index (χ3n) is 5.80. The van der Waals surface area contributed by atoms with Crippen LogP contribution in [0.5, 0.6) is 0 Å². The maximum absolute atomic E-state index is 3.80. The fourth-order valence-electron chi connectivity index (χ4n) is 5.04. The standard InChI is InChI=1S/C17H23N/c1-12-5-6-13-11-16-14-4-2-3-7-17(14,8-9-18-16)15(13)10-12/h5-6,10,14,16,18H,2-4,7-9,11H2,1H3/t14-,16+,17+/m0/s1. The summed E-state index contributed by atoms with van der Waals surface area (Å²) in [6.45, 7) is 3.48. The Kier molecular flexibility index (Phi) is 2.35. The highest BCUT2D eigenvalue weighted by atomic mass is 15.0. The first-order valence-corrected chi connectivity index (χ1v) is 7.63. The molecule has 0 unspecified atom stereocenters. The summed E-state index contributed by atoms with van der Waals surface area (Å²) >= 11 is 0. The molecule has 1 saturated carbocycles. The van der Waals surface area contributed by atoms with Crippen LogP contribution in [0.15, 0.2) is 18.2 Å². The molecule has 1 saturated heterocycles. The average Bonchev–Trinajstić information content (AvgIpc) is 2.40. The molecule has 0 spiro atoms. The molecule has 2 aliphatic carbocycles. The minimum absolute atomic E-state index is 0.535. The van der Waals surface area contributed by atoms with Crippen LogP contribution in [0.1, 0.15) is 48.8 Å². The summed E-state index contributed by atoms with van der Waals surface area (Å²) in [4.78, 5) is 0. The predicted molar refractivity (Wildman–Crippen MR) is 74.9 cm³/mol. The third-order valence-corrected chi connectivity index (χ3v) is 5.80. The Bertz CT molecular complexity index is 474. The van der Waals surface area contributed by atoms with Gasteiger partial charge in [0.1, 0.15) is 0 Å². The number of rotatable bonds is 0. The van der Waals surface area contributed by atoms with Crippen molar-refractivity contribution in [3.8, 4) is 0 Å². The van der Waals surface area contributed by atoms with Crippen LogP contribution < -0.4 is 5.32 Å². The molecule has 1 aliphatic heterocycles. The molecular weight excluding hydrogens is 218 g/mol. The molecule has 1 aromatic rings. The van der Waals surface area contributed by atoms with Crippen LogP contribution >= 0.6 is 0 Å². The minimum Gasteiger partial charge on any atom is -0.313 e. The van der Waals surface area contributed by atoms with E-state index in [0.29, 0.717) is 5.41 Å². The average molecular weight is 241 g/mol. The number of benzene rings is 1. The van der Waals surface area contributed by atoms with Crippen molar-refractivity contribution in [2.24, 2.45) is 5.92 Å². The van der Waals surface area contributed by atoms with Crippen molar-refractivity contribution in [1.29, 1.82) is 0 Å². The van der Waals surface area contributed by atoms with E-state index in [2.05, 4.69) is 30.4 Å². The highest BCUT2D eigenvalue weighted by Crippen LogP contribution is 2.53. The summed E-state index contributed by atoms with van der Waals surface area (Å²) in [5, 5.41) is 3.80. The highest BCUT2D eigenvalue weighted by molar-refractivity contribution is 5.43. The Labute approximate surface area is 110 Å². The molecule has 0 radical (unpaired) electrons. The zero-order chi connectivity index (χ0) is 12.2. The first-order valence-electron chi connectivity index (χ1n) is 7.63. The number of fused-ring (bicyclic) bond motifs is 1. The van der Waals surface area contributed by atoms with Crippen molar-refractivity contribution in [3.05, 3.63) is 34.9 Å². The van der Waals surface area contributed by atoms with E-state index in [-0.39, 0.29) is 0 Å². The lowest BCUT2D eigenvalue weighted by Gasteiger charge is -2.56. The molecule has 3 aliphatic rings. The van der Waals surface area contributed by atoms with E-state index in [0.717, 1.165) is 12.0 Å². The molecule has 1 N–H and O–H groups in total. The van der Waals surface area contributed by atoms with Gasteiger partial charge in [-0.3, -0.25) is 0 Å². The van der Waals surface area contributed by atoms with E-state index in [4.69, 9.17) is 0 Å². The molecule has 96 valence electrons. The second-order valence-corrected chi connectivity index (χ2v) is 6.68. The summed E-state index contributed by atoms with van der Waals surface area (Å²) in [7, 11) is 0. The van der Waals surface area contributed by atoms with E-state index in [1.807, 2.05) is 0 Å². The first-order chi connectivity index (χ1) is 8.79. The van der Waals surface area contributed by atoms with Crippen LogP contribution in [0.2, 0.25) is 0 Å². The summed E-state index contributed by atoms with van der Waals surface area (Å²) < 4.78 is 0. The fraction of sp³-hybridized carbons (Fsp3) is 0.647. The SMILES string of the molecule is Cc1ccc2c(c1)[C@@]13CCCC[C@H]1[C@@H](C2)NCC3. The van der Waals surface area contributed by atoms with E-state index in [1.54, 1.807) is 11.1 Å². The molecule has 4 rings (SSSR count). The molecular formula is C17H23N. The van der Waals surface area contributed by atoms with Gasteiger partial charge >= 0.3 is 0 Å². The summed E-state index contributed by atoms with van der Waals surface area (Å²) in [6, 6.07) is 7.97. The largest absolute Gasteiger partial charge is 0.313 e. The summed E-state index contributed by atoms with van der Waals surface area (Å²) in [5.41, 5.74) is 5.35. The van der Waals surface area contributed by atoms with E-state index < -0.39 is 0 Å². The lowest BCUT2D eigenvalue weighted by atomic mass is 9.53. The van der Waals surface area contributed by atoms with Crippen molar-refractivity contribution >= 4 is 0 Å². The van der Waals surface area contributed by atoms with Gasteiger partial charge in [0.2, 0.25) is 0 Å². The van der Waals surface area contributed by atoms with Gasteiger partial charge < -0.3 is 5.32 Å². The zero-order valence-electron chi connectivity index (χ0n) is 11.3. The Balaban J connectivity index is 1.91. The monoisotopic (exact) mass is 241 g/mol. The van der Waals surface area contributed by atoms with Gasteiger partial charge in [-0.2, -0.15) is 0 Å². The molecule has 2 fully saturated rings. The van der Waals surface area contributed by atoms with Gasteiger partial charge in [-0.1, -0.05) is 36.6 Å². The van der Waals surface area contributed by atoms with Crippen LogP contribution in [0, 0.1) is 12.8 Å². The van der Waals surface area contributed by atoms with Crippen molar-refractivity contribution < 1.29 is 0 Å². The van der Waals surface area contributed by atoms with Crippen molar-refractivity contribution in [3.63, 3.8) is 0 Å². The van der Waals surface area contributed by atoms with Gasteiger partial charge in [0.25, 0.3) is 0 Å². The molecule has 2 bridgehead atoms. The van der Waals surface area contributed by atoms with Gasteiger partial charge in [0.15, 0.2) is 0 Å². The van der Waals surface area contributed by atoms with E-state index >= 15 is 0 Å². The number of hydrogen-bond donors (Lipinski definition) is 1. The third kappa shape index (κ3) is 1.37. The number of aryl methyl sites for hydroxylation is 1. The predicted octanol–water partition coefficient (Wildman–Crippen LogP) is 3.34. The second-order valence-electron chi connectivity index (χ2n) is 6.68. The van der Waals surface area contributed by atoms with Crippen molar-refractivity contribution in [1.82, 2.24) is 5.32 Å². The molecule has 1 aromatic carbocycles. The first kappa shape index (κ1) is 11.0. The Morgan fingerprint density at radius 2 is 2.17 bits per heavy atom. The fourth-order valence-corrected chi connectivity index (χ4v) is 5.04. The molecule has 1 heteroatoms. The van der Waals surface area contributed by atoms with Crippen LogP contribution in [0.4, 0.5) is 0 Å². The van der Waals surface area contributed by atoms with Crippen LogP contribution in [0.3, 0.4) is 0 Å². The van der Waals surface area contributed by atoms with Gasteiger partial charge in [0.05, 0.1) is 0 Å². The number of piperidine rings is 1. The molecule has 1 nitrogen and oxygen atoms in total. The molecule has 3 atom stereocenters. The maximum atomic E-state index is 3.80. The minimum atomic E-state index is 0.535. The van der Waals surface area contributed by atoms with Crippen LogP contribution in [0.25, 0.3) is 0 Å². The van der Waals surface area contributed by atoms with Crippen molar-refractivity contribution in [2.75, 3.05) is 6.54 Å². The smallest absolute Gasteiger partial charge is 0.0144 e. The lowest BCUT2D eigenvalue weighted by Crippen LogP contribution is -2.59. The maximum Gasteiger partial charge on any atom is 0.0144 e. The second kappa shape index (κ2) is 3.84. The van der Waals surface area contributed by atoms with Crippen LogP contribution in [-0.4, -0.2) is 12.6 Å². The Morgan fingerprint density at radius 1 is 1.22 bits per heavy atom. The number of hydrogen-bond acceptors (Lipinski definition) is 1. The van der Waals surface area contributed by atoms with E-state index in [9.17, 15) is 0 Å². The zero-order valence-corrected chi connectivity index (χ0v) is 11.3. The van der Waals surface area contributed by atoms with Gasteiger partial charge in [-0.05, 0) is 56.2 Å². The summed E-state index contributed by atoms with van der Waals surface area (Å²) in [6.07, 6.45) is 8.41. The van der Waals surface area contributed by atoms with Crippen molar-refractivity contribution in [2.45, 2.75) is 56.9 Å². The topological polar surface area (TPSA) is 12.0 Å². The van der Waals surface area contributed by atoms with Gasteiger partial charge in [0, 0.05) is 11.5 Å². The Hall–Kier alpha value is -0.820. The quantitative estimate of drug-likeness (QED) is 0.734. The lowest BCUT2D eigenvalue weighted by molar-refractivity contribution is 0.0797. The molecule has 1 heterocycles. The molecule has 18 heavy (non-hydrogen) atoms. The number of nitrogens with one attached hydrogen (secondary N) is 1. The van der Waals surface area contributed by atoms with Gasteiger partial charge in [-0.25, -0.2) is 0 Å². The molecule has 0 amide bonds. The highest BCUT2D eigenvalue weighted by Gasteiger charge is 2.51. The van der Waals surface area contributed by atoms with Gasteiger partial charge in [-0.15, -0.1) is 0 Å². The Morgan fingerprint density at radius 3 is 3.11 bits per heavy atom. The normalized spacial score (nSPS) is 37.8.